The summed E-state index contributed by atoms with van der Waals surface area (Å²) in [7, 11) is 2.21. The zero-order valence-corrected chi connectivity index (χ0v) is 11.7. The van der Waals surface area contributed by atoms with Crippen LogP contribution in [0.1, 0.15) is 23.6 Å². The molecule has 2 aliphatic heterocycles. The summed E-state index contributed by atoms with van der Waals surface area (Å²) in [6, 6.07) is 9.73. The summed E-state index contributed by atoms with van der Waals surface area (Å²) in [5, 5.41) is 0. The number of hydrogen-bond donors (Lipinski definition) is 1. The van der Waals surface area contributed by atoms with Gasteiger partial charge in [0, 0.05) is 18.5 Å². The van der Waals surface area contributed by atoms with Gasteiger partial charge in [-0.3, -0.25) is 4.90 Å². The lowest BCUT2D eigenvalue weighted by Crippen LogP contribution is -2.29. The Morgan fingerprint density at radius 2 is 1.95 bits per heavy atom. The number of nitrogens with zero attached hydrogens (tertiary/aromatic N) is 1. The van der Waals surface area contributed by atoms with Crippen LogP contribution in [0.3, 0.4) is 0 Å². The van der Waals surface area contributed by atoms with Crippen molar-refractivity contribution >= 4 is 0 Å². The molecule has 3 rings (SSSR count). The quantitative estimate of drug-likeness (QED) is 0.897. The van der Waals surface area contributed by atoms with Gasteiger partial charge in [0.15, 0.2) is 0 Å². The Bertz CT molecular complexity index is 413. The lowest BCUT2D eigenvalue weighted by atomic mass is 9.95. The monoisotopic (exact) mass is 260 g/mol. The van der Waals surface area contributed by atoms with Crippen LogP contribution in [0.4, 0.5) is 0 Å². The van der Waals surface area contributed by atoms with Crippen molar-refractivity contribution in [1.82, 2.24) is 4.90 Å². The highest BCUT2D eigenvalue weighted by Gasteiger charge is 2.29. The number of ether oxygens (including phenoxy) is 1. The molecule has 2 saturated heterocycles. The number of benzene rings is 1. The molecule has 3 heteroatoms. The van der Waals surface area contributed by atoms with Crippen LogP contribution >= 0.6 is 0 Å². The minimum absolute atomic E-state index is 0.551. The molecule has 1 aromatic rings. The molecule has 0 spiro atoms. The largest absolute Gasteiger partial charge is 0.381 e. The molecular formula is C16H24N2O. The molecule has 2 atom stereocenters. The highest BCUT2D eigenvalue weighted by molar-refractivity contribution is 5.26. The summed E-state index contributed by atoms with van der Waals surface area (Å²) < 4.78 is 5.23. The van der Waals surface area contributed by atoms with E-state index in [1.165, 1.54) is 17.5 Å². The first-order valence-electron chi connectivity index (χ1n) is 7.33. The molecule has 2 fully saturated rings. The van der Waals surface area contributed by atoms with E-state index in [1.807, 2.05) is 0 Å². The van der Waals surface area contributed by atoms with Crippen LogP contribution in [0.15, 0.2) is 24.3 Å². The standard InChI is InChI=1S/C16H24N2O/c1-18-9-13(8-17)7-16(18)15-4-2-12(3-5-15)6-14-10-19-11-14/h2-5,13-14,16H,6-11,17H2,1H3. The summed E-state index contributed by atoms with van der Waals surface area (Å²) in [5.41, 5.74) is 8.67. The first-order valence-corrected chi connectivity index (χ1v) is 7.33. The van der Waals surface area contributed by atoms with E-state index in [0.29, 0.717) is 12.0 Å². The molecule has 0 aliphatic carbocycles. The van der Waals surface area contributed by atoms with E-state index in [0.717, 1.165) is 38.6 Å². The topological polar surface area (TPSA) is 38.5 Å². The van der Waals surface area contributed by atoms with Gasteiger partial charge in [-0.1, -0.05) is 24.3 Å². The van der Waals surface area contributed by atoms with Crippen molar-refractivity contribution in [3.05, 3.63) is 35.4 Å². The summed E-state index contributed by atoms with van der Waals surface area (Å²) >= 11 is 0. The maximum Gasteiger partial charge on any atom is 0.0519 e. The molecule has 3 nitrogen and oxygen atoms in total. The van der Waals surface area contributed by atoms with Gasteiger partial charge in [-0.05, 0) is 43.5 Å². The van der Waals surface area contributed by atoms with E-state index in [4.69, 9.17) is 10.5 Å². The van der Waals surface area contributed by atoms with Gasteiger partial charge in [0.25, 0.3) is 0 Å². The van der Waals surface area contributed by atoms with Crippen molar-refractivity contribution in [1.29, 1.82) is 0 Å². The molecular weight excluding hydrogens is 236 g/mol. The third-order valence-corrected chi connectivity index (χ3v) is 4.56. The summed E-state index contributed by atoms with van der Waals surface area (Å²) in [6.07, 6.45) is 2.36. The van der Waals surface area contributed by atoms with Crippen LogP contribution < -0.4 is 5.73 Å². The average molecular weight is 260 g/mol. The zero-order valence-electron chi connectivity index (χ0n) is 11.7. The van der Waals surface area contributed by atoms with Crippen LogP contribution in [0.25, 0.3) is 0 Å². The first-order chi connectivity index (χ1) is 9.26. The van der Waals surface area contributed by atoms with Crippen LogP contribution in [-0.4, -0.2) is 38.3 Å². The van der Waals surface area contributed by atoms with Crippen molar-refractivity contribution in [2.24, 2.45) is 17.6 Å². The highest BCUT2D eigenvalue weighted by Crippen LogP contribution is 2.33. The van der Waals surface area contributed by atoms with Crippen LogP contribution in [0.5, 0.6) is 0 Å². The number of rotatable bonds is 4. The van der Waals surface area contributed by atoms with Gasteiger partial charge in [-0.15, -0.1) is 0 Å². The van der Waals surface area contributed by atoms with Crippen molar-refractivity contribution in [3.8, 4) is 0 Å². The first kappa shape index (κ1) is 13.1. The number of nitrogens with two attached hydrogens (primary N) is 1. The Morgan fingerprint density at radius 1 is 1.21 bits per heavy atom. The van der Waals surface area contributed by atoms with Crippen molar-refractivity contribution in [2.45, 2.75) is 18.9 Å². The molecule has 0 radical (unpaired) electrons. The van der Waals surface area contributed by atoms with E-state index >= 15 is 0 Å². The number of likely N-dealkylation sites (tertiary alicyclic amines) is 1. The van der Waals surface area contributed by atoms with Gasteiger partial charge < -0.3 is 10.5 Å². The van der Waals surface area contributed by atoms with E-state index in [1.54, 1.807) is 0 Å². The van der Waals surface area contributed by atoms with Gasteiger partial charge in [-0.25, -0.2) is 0 Å². The Balaban J connectivity index is 1.64. The van der Waals surface area contributed by atoms with E-state index < -0.39 is 0 Å². The summed E-state index contributed by atoms with van der Waals surface area (Å²) in [5.74, 6) is 1.39. The summed E-state index contributed by atoms with van der Waals surface area (Å²) in [6.45, 7) is 3.81. The Labute approximate surface area is 115 Å². The third kappa shape index (κ3) is 2.83. The fourth-order valence-electron chi connectivity index (χ4n) is 3.28. The lowest BCUT2D eigenvalue weighted by molar-refractivity contribution is -0.0312. The molecule has 104 valence electrons. The van der Waals surface area contributed by atoms with E-state index in [2.05, 4.69) is 36.2 Å². The molecule has 0 bridgehead atoms. The van der Waals surface area contributed by atoms with Crippen LogP contribution in [0, 0.1) is 11.8 Å². The number of hydrogen-bond acceptors (Lipinski definition) is 3. The smallest absolute Gasteiger partial charge is 0.0519 e. The highest BCUT2D eigenvalue weighted by atomic mass is 16.5. The van der Waals surface area contributed by atoms with Gasteiger partial charge in [0.2, 0.25) is 0 Å². The predicted octanol–water partition coefficient (Wildman–Crippen LogP) is 1.83. The molecule has 19 heavy (non-hydrogen) atoms. The van der Waals surface area contributed by atoms with Gasteiger partial charge in [0.05, 0.1) is 13.2 Å². The molecule has 2 N–H and O–H groups in total. The van der Waals surface area contributed by atoms with Gasteiger partial charge in [-0.2, -0.15) is 0 Å². The van der Waals surface area contributed by atoms with Gasteiger partial charge >= 0.3 is 0 Å². The Morgan fingerprint density at radius 3 is 2.47 bits per heavy atom. The molecule has 0 amide bonds. The normalized spacial score (nSPS) is 28.5. The fourth-order valence-corrected chi connectivity index (χ4v) is 3.28. The maximum atomic E-state index is 5.80. The fraction of sp³-hybridized carbons (Fsp3) is 0.625. The van der Waals surface area contributed by atoms with Crippen molar-refractivity contribution in [2.75, 3.05) is 33.4 Å². The maximum absolute atomic E-state index is 5.80. The third-order valence-electron chi connectivity index (χ3n) is 4.56. The summed E-state index contributed by atoms with van der Waals surface area (Å²) in [4.78, 5) is 2.44. The second kappa shape index (κ2) is 5.61. The van der Waals surface area contributed by atoms with Crippen molar-refractivity contribution in [3.63, 3.8) is 0 Å². The molecule has 2 aliphatic rings. The van der Waals surface area contributed by atoms with Gasteiger partial charge in [0.1, 0.15) is 0 Å². The second-order valence-corrected chi connectivity index (χ2v) is 6.14. The average Bonchev–Trinajstić information content (AvgIpc) is 2.76. The van der Waals surface area contributed by atoms with E-state index in [-0.39, 0.29) is 0 Å². The molecule has 2 unspecified atom stereocenters. The van der Waals surface area contributed by atoms with Crippen molar-refractivity contribution < 1.29 is 4.74 Å². The predicted molar refractivity (Wildman–Crippen MR) is 77.0 cm³/mol. The lowest BCUT2D eigenvalue weighted by Gasteiger charge is -2.26. The Kier molecular flexibility index (Phi) is 3.87. The van der Waals surface area contributed by atoms with Crippen LogP contribution in [0.2, 0.25) is 0 Å². The minimum atomic E-state index is 0.551. The SMILES string of the molecule is CN1CC(CN)CC1c1ccc(CC2COC2)cc1. The molecule has 2 heterocycles. The van der Waals surface area contributed by atoms with Crippen LogP contribution in [-0.2, 0) is 11.2 Å². The Hall–Kier alpha value is -0.900. The van der Waals surface area contributed by atoms with E-state index in [9.17, 15) is 0 Å². The second-order valence-electron chi connectivity index (χ2n) is 6.14. The molecule has 1 aromatic carbocycles. The molecule has 0 aromatic heterocycles. The zero-order chi connectivity index (χ0) is 13.2. The molecule has 0 saturated carbocycles. The minimum Gasteiger partial charge on any atom is -0.381 e.